The molecule has 0 saturated heterocycles. The smallest absolute Gasteiger partial charge is 0.277 e. The van der Waals surface area contributed by atoms with Gasteiger partial charge >= 0.3 is 0 Å². The Morgan fingerprint density at radius 3 is 2.73 bits per heavy atom. The van der Waals surface area contributed by atoms with E-state index in [1.165, 1.54) is 6.07 Å². The number of benzene rings is 1. The molecule has 6 nitrogen and oxygen atoms in total. The van der Waals surface area contributed by atoms with Crippen molar-refractivity contribution in [3.05, 3.63) is 60.0 Å². The first kappa shape index (κ1) is 13.8. The van der Waals surface area contributed by atoms with Crippen molar-refractivity contribution >= 4 is 11.6 Å². The third-order valence-corrected chi connectivity index (χ3v) is 3.20. The Hall–Kier alpha value is -3.15. The van der Waals surface area contributed by atoms with Gasteiger partial charge < -0.3 is 14.9 Å². The predicted molar refractivity (Wildman–Crippen MR) is 80.5 cm³/mol. The van der Waals surface area contributed by atoms with E-state index in [0.29, 0.717) is 11.4 Å². The number of anilines is 1. The first-order valence-corrected chi connectivity index (χ1v) is 6.62. The molecule has 1 amide bonds. The van der Waals surface area contributed by atoms with E-state index in [9.17, 15) is 9.90 Å². The minimum atomic E-state index is -0.450. The molecule has 3 rings (SSSR count). The molecule has 0 bridgehead atoms. The maximum atomic E-state index is 12.2. The van der Waals surface area contributed by atoms with Crippen LogP contribution in [0.15, 0.2) is 53.3 Å². The highest BCUT2D eigenvalue weighted by Gasteiger charge is 2.16. The van der Waals surface area contributed by atoms with E-state index in [2.05, 4.69) is 15.5 Å². The molecule has 0 unspecified atom stereocenters. The lowest BCUT2D eigenvalue weighted by Crippen LogP contribution is -2.13. The number of rotatable bonds is 3. The zero-order valence-electron chi connectivity index (χ0n) is 11.8. The molecular weight excluding hydrogens is 282 g/mol. The van der Waals surface area contributed by atoms with Gasteiger partial charge in [0, 0.05) is 24.0 Å². The Kier molecular flexibility index (Phi) is 3.57. The van der Waals surface area contributed by atoms with E-state index in [-0.39, 0.29) is 11.4 Å². The molecule has 22 heavy (non-hydrogen) atoms. The lowest BCUT2D eigenvalue weighted by Gasteiger charge is -2.08. The van der Waals surface area contributed by atoms with Gasteiger partial charge in [0.25, 0.3) is 5.91 Å². The first-order chi connectivity index (χ1) is 10.6. The van der Waals surface area contributed by atoms with Gasteiger partial charge in [-0.05, 0) is 30.7 Å². The van der Waals surface area contributed by atoms with E-state index in [1.807, 2.05) is 0 Å². The van der Waals surface area contributed by atoms with Crippen LogP contribution in [0.25, 0.3) is 11.3 Å². The van der Waals surface area contributed by atoms with Gasteiger partial charge in [-0.3, -0.25) is 9.78 Å². The number of nitrogens with one attached hydrogen (secondary N) is 1. The molecule has 2 heterocycles. The third-order valence-electron chi connectivity index (χ3n) is 3.20. The predicted octanol–water partition coefficient (Wildman–Crippen LogP) is 3.00. The van der Waals surface area contributed by atoms with Gasteiger partial charge in [0.2, 0.25) is 0 Å². The number of phenolic OH excluding ortho intramolecular Hbond substituents is 1. The summed E-state index contributed by atoms with van der Waals surface area (Å²) in [4.78, 5) is 16.1. The van der Waals surface area contributed by atoms with Crippen molar-refractivity contribution in [1.29, 1.82) is 0 Å². The fourth-order valence-corrected chi connectivity index (χ4v) is 2.03. The number of amides is 1. The largest absolute Gasteiger partial charge is 0.506 e. The summed E-state index contributed by atoms with van der Waals surface area (Å²) >= 11 is 0. The maximum absolute atomic E-state index is 12.2. The van der Waals surface area contributed by atoms with Crippen LogP contribution in [0.1, 0.15) is 16.1 Å². The SMILES string of the molecule is Cc1cccc(O)c1NC(=O)c1cc(-c2ccncc2)on1. The average Bonchev–Trinajstić information content (AvgIpc) is 3.02. The Labute approximate surface area is 126 Å². The molecule has 110 valence electrons. The summed E-state index contributed by atoms with van der Waals surface area (Å²) in [6.45, 7) is 1.79. The molecule has 0 aliphatic heterocycles. The minimum Gasteiger partial charge on any atom is -0.506 e. The van der Waals surface area contributed by atoms with Gasteiger partial charge in [-0.25, -0.2) is 0 Å². The summed E-state index contributed by atoms with van der Waals surface area (Å²) in [5.74, 6) is 0.0291. The molecule has 0 spiro atoms. The quantitative estimate of drug-likeness (QED) is 0.725. The molecular formula is C16H13N3O3. The van der Waals surface area contributed by atoms with E-state index < -0.39 is 5.91 Å². The second-order valence-corrected chi connectivity index (χ2v) is 4.74. The van der Waals surface area contributed by atoms with Crippen molar-refractivity contribution in [2.45, 2.75) is 6.92 Å². The van der Waals surface area contributed by atoms with Crippen LogP contribution in [-0.4, -0.2) is 21.2 Å². The van der Waals surface area contributed by atoms with E-state index in [4.69, 9.17) is 4.52 Å². The van der Waals surface area contributed by atoms with E-state index >= 15 is 0 Å². The number of phenols is 1. The molecule has 0 aliphatic carbocycles. The second kappa shape index (κ2) is 5.69. The van der Waals surface area contributed by atoms with Crippen LogP contribution in [0.2, 0.25) is 0 Å². The zero-order valence-corrected chi connectivity index (χ0v) is 11.8. The molecule has 2 aromatic heterocycles. The number of carbonyl (C=O) groups is 1. The Balaban J connectivity index is 1.83. The number of carbonyl (C=O) groups excluding carboxylic acids is 1. The highest BCUT2D eigenvalue weighted by molar-refractivity contribution is 6.04. The summed E-state index contributed by atoms with van der Waals surface area (Å²) in [5, 5.41) is 16.2. The second-order valence-electron chi connectivity index (χ2n) is 4.74. The number of hydrogen-bond donors (Lipinski definition) is 2. The highest BCUT2D eigenvalue weighted by Crippen LogP contribution is 2.27. The number of hydrogen-bond acceptors (Lipinski definition) is 5. The van der Waals surface area contributed by atoms with Crippen LogP contribution < -0.4 is 5.32 Å². The van der Waals surface area contributed by atoms with Crippen molar-refractivity contribution in [3.63, 3.8) is 0 Å². The fraction of sp³-hybridized carbons (Fsp3) is 0.0625. The minimum absolute atomic E-state index is 0.00574. The standard InChI is InChI=1S/C16H13N3O3/c1-10-3-2-4-13(20)15(10)18-16(21)12-9-14(22-19-12)11-5-7-17-8-6-11/h2-9,20H,1H3,(H,18,21). The summed E-state index contributed by atoms with van der Waals surface area (Å²) in [5.41, 5.74) is 2.03. The van der Waals surface area contributed by atoms with Crippen molar-refractivity contribution in [3.8, 4) is 17.1 Å². The Morgan fingerprint density at radius 1 is 1.23 bits per heavy atom. The summed E-state index contributed by atoms with van der Waals surface area (Å²) in [6.07, 6.45) is 3.26. The van der Waals surface area contributed by atoms with Gasteiger partial charge in [-0.15, -0.1) is 0 Å². The van der Waals surface area contributed by atoms with Gasteiger partial charge in [0.1, 0.15) is 5.75 Å². The topological polar surface area (TPSA) is 88.2 Å². The van der Waals surface area contributed by atoms with E-state index in [0.717, 1.165) is 11.1 Å². The molecule has 1 aromatic carbocycles. The van der Waals surface area contributed by atoms with Crippen LogP contribution in [0.3, 0.4) is 0 Å². The number of aromatic nitrogens is 2. The number of aromatic hydroxyl groups is 1. The van der Waals surface area contributed by atoms with Crippen LogP contribution in [-0.2, 0) is 0 Å². The zero-order chi connectivity index (χ0) is 15.5. The normalized spacial score (nSPS) is 10.4. The molecule has 0 radical (unpaired) electrons. The van der Waals surface area contributed by atoms with Crippen molar-refractivity contribution in [2.24, 2.45) is 0 Å². The van der Waals surface area contributed by atoms with Crippen LogP contribution in [0, 0.1) is 6.92 Å². The van der Waals surface area contributed by atoms with E-state index in [1.54, 1.807) is 49.6 Å². The number of nitrogens with zero attached hydrogens (tertiary/aromatic N) is 2. The number of para-hydroxylation sites is 1. The first-order valence-electron chi connectivity index (χ1n) is 6.62. The van der Waals surface area contributed by atoms with Gasteiger partial charge in [-0.2, -0.15) is 0 Å². The molecule has 0 atom stereocenters. The molecule has 3 aromatic rings. The van der Waals surface area contributed by atoms with Gasteiger partial charge in [-0.1, -0.05) is 17.3 Å². The molecule has 0 saturated carbocycles. The lowest BCUT2D eigenvalue weighted by molar-refractivity contribution is 0.101. The van der Waals surface area contributed by atoms with Crippen molar-refractivity contribution in [2.75, 3.05) is 5.32 Å². The fourth-order valence-electron chi connectivity index (χ4n) is 2.03. The number of aryl methyl sites for hydroxylation is 1. The van der Waals surface area contributed by atoms with Gasteiger partial charge in [0.15, 0.2) is 11.5 Å². The summed E-state index contributed by atoms with van der Waals surface area (Å²) in [6, 6.07) is 10.1. The van der Waals surface area contributed by atoms with Crippen LogP contribution in [0.4, 0.5) is 5.69 Å². The summed E-state index contributed by atoms with van der Waals surface area (Å²) in [7, 11) is 0. The average molecular weight is 295 g/mol. The Morgan fingerprint density at radius 2 is 2.00 bits per heavy atom. The van der Waals surface area contributed by atoms with Crippen molar-refractivity contribution < 1.29 is 14.4 Å². The van der Waals surface area contributed by atoms with Gasteiger partial charge in [0.05, 0.1) is 5.69 Å². The Bertz CT molecular complexity index is 792. The van der Waals surface area contributed by atoms with Crippen LogP contribution >= 0.6 is 0 Å². The maximum Gasteiger partial charge on any atom is 0.277 e. The molecule has 2 N–H and O–H groups in total. The molecule has 0 fully saturated rings. The molecule has 6 heteroatoms. The van der Waals surface area contributed by atoms with Crippen molar-refractivity contribution in [1.82, 2.24) is 10.1 Å². The number of pyridine rings is 1. The summed E-state index contributed by atoms with van der Waals surface area (Å²) < 4.78 is 5.17. The highest BCUT2D eigenvalue weighted by atomic mass is 16.5. The van der Waals surface area contributed by atoms with Crippen LogP contribution in [0.5, 0.6) is 5.75 Å². The monoisotopic (exact) mass is 295 g/mol. The molecule has 0 aliphatic rings. The third kappa shape index (κ3) is 2.67. The lowest BCUT2D eigenvalue weighted by atomic mass is 10.1.